The van der Waals surface area contributed by atoms with Gasteiger partial charge in [-0.05, 0) is 12.8 Å². The van der Waals surface area contributed by atoms with E-state index in [4.69, 9.17) is 4.42 Å². The molecule has 0 aliphatic carbocycles. The molecule has 1 rings (SSSR count). The van der Waals surface area contributed by atoms with Crippen LogP contribution in [-0.4, -0.2) is 22.8 Å². The molecular formula is C14H27N3O. The lowest BCUT2D eigenvalue weighted by Crippen LogP contribution is -2.25. The van der Waals surface area contributed by atoms with E-state index in [9.17, 15) is 0 Å². The van der Waals surface area contributed by atoms with Crippen molar-refractivity contribution >= 4 is 0 Å². The summed E-state index contributed by atoms with van der Waals surface area (Å²) in [7, 11) is 0. The summed E-state index contributed by atoms with van der Waals surface area (Å²) >= 11 is 0. The first-order valence-electron chi connectivity index (χ1n) is 7.23. The molecular weight excluding hydrogens is 226 g/mol. The van der Waals surface area contributed by atoms with Gasteiger partial charge in [-0.1, -0.05) is 40.5 Å². The Balaban J connectivity index is 2.45. The van der Waals surface area contributed by atoms with Crippen LogP contribution < -0.4 is 5.32 Å². The number of nitrogens with one attached hydrogen (secondary N) is 1. The van der Waals surface area contributed by atoms with Gasteiger partial charge in [0.25, 0.3) is 0 Å². The van der Waals surface area contributed by atoms with E-state index in [1.54, 1.807) is 0 Å². The highest BCUT2D eigenvalue weighted by Crippen LogP contribution is 2.24. The van der Waals surface area contributed by atoms with Crippen molar-refractivity contribution in [2.24, 2.45) is 0 Å². The maximum absolute atomic E-state index is 5.75. The molecule has 0 bridgehead atoms. The highest BCUT2D eigenvalue weighted by molar-refractivity contribution is 4.91. The summed E-state index contributed by atoms with van der Waals surface area (Å²) < 4.78 is 5.75. The lowest BCUT2D eigenvalue weighted by atomic mass is 10.00. The standard InChI is InChI=1S/C14H27N3O/c1-5-7-8-12(6-2)14-17-16-13(18-14)9-10-15-11(3)4/h11-12,15H,5-10H2,1-4H3. The van der Waals surface area contributed by atoms with Crippen LogP contribution in [0.25, 0.3) is 0 Å². The van der Waals surface area contributed by atoms with E-state index in [-0.39, 0.29) is 0 Å². The Morgan fingerprint density at radius 1 is 1.22 bits per heavy atom. The van der Waals surface area contributed by atoms with Crippen LogP contribution in [0.4, 0.5) is 0 Å². The smallest absolute Gasteiger partial charge is 0.219 e. The van der Waals surface area contributed by atoms with Gasteiger partial charge in [0.1, 0.15) is 0 Å². The second-order valence-corrected chi connectivity index (χ2v) is 5.14. The molecule has 0 saturated heterocycles. The molecule has 104 valence electrons. The molecule has 4 heteroatoms. The molecule has 0 radical (unpaired) electrons. The summed E-state index contributed by atoms with van der Waals surface area (Å²) in [5, 5.41) is 11.7. The number of unbranched alkanes of at least 4 members (excludes halogenated alkanes) is 1. The summed E-state index contributed by atoms with van der Waals surface area (Å²) in [6.45, 7) is 9.56. The van der Waals surface area contributed by atoms with E-state index in [1.807, 2.05) is 0 Å². The molecule has 0 aliphatic rings. The van der Waals surface area contributed by atoms with Crippen LogP contribution >= 0.6 is 0 Å². The van der Waals surface area contributed by atoms with Crippen molar-refractivity contribution in [3.05, 3.63) is 11.8 Å². The SMILES string of the molecule is CCCCC(CC)c1nnc(CCNC(C)C)o1. The molecule has 0 aliphatic heterocycles. The second-order valence-electron chi connectivity index (χ2n) is 5.14. The molecule has 0 amide bonds. The molecule has 18 heavy (non-hydrogen) atoms. The molecule has 4 nitrogen and oxygen atoms in total. The third-order valence-corrected chi connectivity index (χ3v) is 3.12. The van der Waals surface area contributed by atoms with Crippen LogP contribution in [0, 0.1) is 0 Å². The van der Waals surface area contributed by atoms with Gasteiger partial charge < -0.3 is 9.73 Å². The fourth-order valence-electron chi connectivity index (χ4n) is 1.95. The van der Waals surface area contributed by atoms with Gasteiger partial charge in [0.05, 0.1) is 0 Å². The maximum Gasteiger partial charge on any atom is 0.219 e. The molecule has 0 spiro atoms. The highest BCUT2D eigenvalue weighted by atomic mass is 16.4. The van der Waals surface area contributed by atoms with Crippen LogP contribution in [-0.2, 0) is 6.42 Å². The fraction of sp³-hybridized carbons (Fsp3) is 0.857. The Bertz CT molecular complexity index is 323. The van der Waals surface area contributed by atoms with E-state index in [0.29, 0.717) is 12.0 Å². The third-order valence-electron chi connectivity index (χ3n) is 3.12. The number of aromatic nitrogens is 2. The second kappa shape index (κ2) is 8.25. The first-order chi connectivity index (χ1) is 8.67. The van der Waals surface area contributed by atoms with Crippen LogP contribution in [0.2, 0.25) is 0 Å². The molecule has 1 N–H and O–H groups in total. The first kappa shape index (κ1) is 15.2. The van der Waals surface area contributed by atoms with Crippen LogP contribution in [0.15, 0.2) is 4.42 Å². The Hall–Kier alpha value is -0.900. The van der Waals surface area contributed by atoms with Crippen LogP contribution in [0.3, 0.4) is 0 Å². The minimum absolute atomic E-state index is 0.434. The van der Waals surface area contributed by atoms with Crippen molar-refractivity contribution in [2.45, 2.75) is 71.8 Å². The van der Waals surface area contributed by atoms with Crippen molar-refractivity contribution in [1.29, 1.82) is 0 Å². The van der Waals surface area contributed by atoms with Gasteiger partial charge in [-0.2, -0.15) is 0 Å². The Labute approximate surface area is 111 Å². The van der Waals surface area contributed by atoms with E-state index >= 15 is 0 Å². The zero-order valence-electron chi connectivity index (χ0n) is 12.2. The number of hydrogen-bond acceptors (Lipinski definition) is 4. The summed E-state index contributed by atoms with van der Waals surface area (Å²) in [6.07, 6.45) is 5.49. The Morgan fingerprint density at radius 3 is 2.61 bits per heavy atom. The average Bonchev–Trinajstić information content (AvgIpc) is 2.78. The molecule has 1 aromatic rings. The predicted molar refractivity (Wildman–Crippen MR) is 73.7 cm³/mol. The number of rotatable bonds is 9. The quantitative estimate of drug-likeness (QED) is 0.733. The minimum Gasteiger partial charge on any atom is -0.425 e. The van der Waals surface area contributed by atoms with Gasteiger partial charge in [-0.15, -0.1) is 10.2 Å². The van der Waals surface area contributed by atoms with Crippen molar-refractivity contribution in [2.75, 3.05) is 6.54 Å². The zero-order chi connectivity index (χ0) is 13.4. The van der Waals surface area contributed by atoms with Crippen molar-refractivity contribution in [3.8, 4) is 0 Å². The topological polar surface area (TPSA) is 51.0 Å². The Kier molecular flexibility index (Phi) is 6.94. The van der Waals surface area contributed by atoms with Gasteiger partial charge in [0, 0.05) is 24.9 Å². The van der Waals surface area contributed by atoms with E-state index in [2.05, 4.69) is 43.2 Å². The molecule has 1 atom stereocenters. The lowest BCUT2D eigenvalue weighted by Gasteiger charge is -2.08. The molecule has 1 aromatic heterocycles. The predicted octanol–water partition coefficient (Wildman–Crippen LogP) is 3.29. The van der Waals surface area contributed by atoms with Crippen LogP contribution in [0.1, 0.15) is 71.1 Å². The molecule has 1 unspecified atom stereocenters. The first-order valence-corrected chi connectivity index (χ1v) is 7.23. The molecule has 0 aromatic carbocycles. The van der Waals surface area contributed by atoms with E-state index < -0.39 is 0 Å². The largest absolute Gasteiger partial charge is 0.425 e. The zero-order valence-corrected chi connectivity index (χ0v) is 12.2. The van der Waals surface area contributed by atoms with E-state index in [1.165, 1.54) is 12.8 Å². The molecule has 0 saturated carbocycles. The van der Waals surface area contributed by atoms with E-state index in [0.717, 1.165) is 37.6 Å². The number of nitrogens with zero attached hydrogens (tertiary/aromatic N) is 2. The third kappa shape index (κ3) is 5.17. The summed E-state index contributed by atoms with van der Waals surface area (Å²) in [5.41, 5.74) is 0. The van der Waals surface area contributed by atoms with Crippen molar-refractivity contribution in [3.63, 3.8) is 0 Å². The highest BCUT2D eigenvalue weighted by Gasteiger charge is 2.16. The Morgan fingerprint density at radius 2 is 2.00 bits per heavy atom. The monoisotopic (exact) mass is 253 g/mol. The summed E-state index contributed by atoms with van der Waals surface area (Å²) in [6, 6.07) is 0.500. The summed E-state index contributed by atoms with van der Waals surface area (Å²) in [4.78, 5) is 0. The summed E-state index contributed by atoms with van der Waals surface area (Å²) in [5.74, 6) is 2.02. The normalized spacial score (nSPS) is 13.2. The molecule has 1 heterocycles. The van der Waals surface area contributed by atoms with Gasteiger partial charge in [0.15, 0.2) is 0 Å². The van der Waals surface area contributed by atoms with Gasteiger partial charge in [-0.3, -0.25) is 0 Å². The minimum atomic E-state index is 0.434. The number of hydrogen-bond donors (Lipinski definition) is 1. The molecule has 0 fully saturated rings. The fourth-order valence-corrected chi connectivity index (χ4v) is 1.95. The maximum atomic E-state index is 5.75. The van der Waals surface area contributed by atoms with Gasteiger partial charge in [-0.25, -0.2) is 0 Å². The van der Waals surface area contributed by atoms with Crippen LogP contribution in [0.5, 0.6) is 0 Å². The van der Waals surface area contributed by atoms with Gasteiger partial charge >= 0.3 is 0 Å². The van der Waals surface area contributed by atoms with Crippen molar-refractivity contribution in [1.82, 2.24) is 15.5 Å². The average molecular weight is 253 g/mol. The lowest BCUT2D eigenvalue weighted by molar-refractivity contribution is 0.389. The van der Waals surface area contributed by atoms with Crippen molar-refractivity contribution < 1.29 is 4.42 Å². The van der Waals surface area contributed by atoms with Gasteiger partial charge in [0.2, 0.25) is 11.8 Å².